The first-order valence-corrected chi connectivity index (χ1v) is 8.11. The molecule has 1 unspecified atom stereocenters. The molecule has 136 valence electrons. The highest BCUT2D eigenvalue weighted by atomic mass is 79.9. The van der Waals surface area contributed by atoms with Gasteiger partial charge in [0.05, 0.1) is 13.1 Å². The first kappa shape index (κ1) is 23.0. The minimum Gasteiger partial charge on any atom is -0.371 e. The van der Waals surface area contributed by atoms with E-state index in [1.165, 1.54) is 5.69 Å². The van der Waals surface area contributed by atoms with Crippen LogP contribution in [-0.4, -0.2) is 44.5 Å². The predicted octanol–water partition coefficient (Wildman–Crippen LogP) is 1.31. The van der Waals surface area contributed by atoms with Gasteiger partial charge in [-0.3, -0.25) is 9.59 Å². The van der Waals surface area contributed by atoms with Crippen molar-refractivity contribution in [3.05, 3.63) is 28.7 Å². The lowest BCUT2D eigenvalue weighted by Gasteiger charge is -2.19. The van der Waals surface area contributed by atoms with Crippen LogP contribution in [0.5, 0.6) is 0 Å². The van der Waals surface area contributed by atoms with Crippen LogP contribution in [0.4, 0.5) is 5.69 Å². The molecule has 1 fully saturated rings. The maximum Gasteiger partial charge on any atom is 0.239 e. The van der Waals surface area contributed by atoms with Crippen LogP contribution < -0.4 is 21.3 Å². The predicted molar refractivity (Wildman–Crippen MR) is 104 cm³/mol. The van der Waals surface area contributed by atoms with Crippen molar-refractivity contribution in [3.8, 4) is 0 Å². The number of rotatable bonds is 6. The Bertz CT molecular complexity index is 531. The molecule has 2 amide bonds. The van der Waals surface area contributed by atoms with Gasteiger partial charge in [0.1, 0.15) is 0 Å². The Hall–Kier alpha value is -1.02. The molecule has 4 N–H and O–H groups in total. The number of anilines is 1. The Morgan fingerprint density at radius 2 is 1.83 bits per heavy atom. The molecule has 1 aliphatic heterocycles. The summed E-state index contributed by atoms with van der Waals surface area (Å²) < 4.78 is 1.07. The fourth-order valence-corrected chi connectivity index (χ4v) is 2.72. The Morgan fingerprint density at radius 3 is 2.46 bits per heavy atom. The van der Waals surface area contributed by atoms with Crippen molar-refractivity contribution in [1.29, 1.82) is 0 Å². The molecule has 2 rings (SSSR count). The second-order valence-corrected chi connectivity index (χ2v) is 6.28. The van der Waals surface area contributed by atoms with Crippen LogP contribution >= 0.6 is 40.7 Å². The summed E-state index contributed by atoms with van der Waals surface area (Å²) in [6, 6.07) is 8.25. The molecular weight excluding hydrogens is 419 g/mol. The van der Waals surface area contributed by atoms with E-state index >= 15 is 0 Å². The molecule has 1 aliphatic rings. The fraction of sp³-hybridized carbons (Fsp3) is 0.467. The molecule has 0 bridgehead atoms. The molecule has 0 radical (unpaired) electrons. The van der Waals surface area contributed by atoms with Crippen molar-refractivity contribution < 1.29 is 9.59 Å². The van der Waals surface area contributed by atoms with E-state index in [2.05, 4.69) is 43.6 Å². The lowest BCUT2D eigenvalue weighted by Crippen LogP contribution is -2.41. The average molecular weight is 442 g/mol. The number of benzene rings is 1. The summed E-state index contributed by atoms with van der Waals surface area (Å²) in [6.07, 6.45) is 1.05. The van der Waals surface area contributed by atoms with Gasteiger partial charge in [0.25, 0.3) is 0 Å². The summed E-state index contributed by atoms with van der Waals surface area (Å²) in [6.45, 7) is 2.44. The van der Waals surface area contributed by atoms with Crippen molar-refractivity contribution in [3.63, 3.8) is 0 Å². The summed E-state index contributed by atoms with van der Waals surface area (Å²) >= 11 is 3.43. The van der Waals surface area contributed by atoms with E-state index in [9.17, 15) is 9.59 Å². The maximum atomic E-state index is 11.6. The molecule has 1 aromatic carbocycles. The third-order valence-electron chi connectivity index (χ3n) is 3.70. The zero-order chi connectivity index (χ0) is 15.9. The summed E-state index contributed by atoms with van der Waals surface area (Å²) in [4.78, 5) is 24.9. The second kappa shape index (κ2) is 11.5. The molecule has 1 atom stereocenters. The van der Waals surface area contributed by atoms with Gasteiger partial charge < -0.3 is 21.3 Å². The molecule has 0 spiro atoms. The number of nitrogens with one attached hydrogen (secondary N) is 2. The number of halogens is 3. The molecule has 0 aromatic heterocycles. The Kier molecular flexibility index (Phi) is 11.0. The molecule has 1 saturated heterocycles. The molecule has 1 aromatic rings. The maximum absolute atomic E-state index is 11.6. The second-order valence-electron chi connectivity index (χ2n) is 5.36. The number of carbonyl (C=O) groups excluding carboxylic acids is 2. The Balaban J connectivity index is 0.00000264. The summed E-state index contributed by atoms with van der Waals surface area (Å²) in [5, 5.41) is 5.31. The summed E-state index contributed by atoms with van der Waals surface area (Å²) in [5.41, 5.74) is 6.36. The van der Waals surface area contributed by atoms with Gasteiger partial charge in [-0.15, -0.1) is 24.8 Å². The third kappa shape index (κ3) is 7.25. The van der Waals surface area contributed by atoms with E-state index in [4.69, 9.17) is 5.73 Å². The van der Waals surface area contributed by atoms with Crippen LogP contribution in [0, 0.1) is 5.92 Å². The van der Waals surface area contributed by atoms with E-state index in [0.29, 0.717) is 12.5 Å². The lowest BCUT2D eigenvalue weighted by molar-refractivity contribution is -0.125. The van der Waals surface area contributed by atoms with Crippen molar-refractivity contribution in [1.82, 2.24) is 10.6 Å². The van der Waals surface area contributed by atoms with E-state index in [0.717, 1.165) is 24.0 Å². The summed E-state index contributed by atoms with van der Waals surface area (Å²) in [5.74, 6) is -0.0703. The fourth-order valence-electron chi connectivity index (χ4n) is 2.46. The highest BCUT2D eigenvalue weighted by molar-refractivity contribution is 9.10. The highest BCUT2D eigenvalue weighted by Gasteiger charge is 2.23. The van der Waals surface area contributed by atoms with Crippen molar-refractivity contribution in [2.24, 2.45) is 11.7 Å². The normalized spacial score (nSPS) is 15.9. The molecule has 0 aliphatic carbocycles. The quantitative estimate of drug-likeness (QED) is 0.621. The zero-order valence-corrected chi connectivity index (χ0v) is 16.4. The molecule has 9 heteroatoms. The Labute approximate surface area is 162 Å². The van der Waals surface area contributed by atoms with E-state index in [1.54, 1.807) is 0 Å². The van der Waals surface area contributed by atoms with Crippen molar-refractivity contribution in [2.45, 2.75) is 6.42 Å². The zero-order valence-electron chi connectivity index (χ0n) is 13.2. The minimum atomic E-state index is -0.322. The number of hydrogen-bond donors (Lipinski definition) is 3. The first-order chi connectivity index (χ1) is 10.6. The van der Waals surface area contributed by atoms with Gasteiger partial charge in [0, 0.05) is 29.8 Å². The lowest BCUT2D eigenvalue weighted by atomic mass is 10.1. The summed E-state index contributed by atoms with van der Waals surface area (Å²) in [7, 11) is 0. The van der Waals surface area contributed by atoms with E-state index < -0.39 is 0 Å². The van der Waals surface area contributed by atoms with Gasteiger partial charge in [-0.2, -0.15) is 0 Å². The third-order valence-corrected chi connectivity index (χ3v) is 4.23. The number of hydrogen-bond acceptors (Lipinski definition) is 4. The van der Waals surface area contributed by atoms with Crippen LogP contribution in [0.2, 0.25) is 0 Å². The molecule has 6 nitrogen and oxygen atoms in total. The van der Waals surface area contributed by atoms with Gasteiger partial charge in [0.15, 0.2) is 0 Å². The average Bonchev–Trinajstić information content (AvgIpc) is 3.00. The van der Waals surface area contributed by atoms with Crippen molar-refractivity contribution in [2.75, 3.05) is 37.6 Å². The largest absolute Gasteiger partial charge is 0.371 e. The SMILES string of the molecule is Cl.Cl.NCC(=O)NCC(=O)NCC1CCN(c2ccc(Br)cc2)C1. The standard InChI is InChI=1S/C15H21BrN4O2.2ClH/c16-12-1-3-13(4-2-12)20-6-5-11(10-20)8-18-15(22)9-19-14(21)7-17;;/h1-4,11H,5-10,17H2,(H,18,22)(H,19,21);2*1H. The van der Waals surface area contributed by atoms with Gasteiger partial charge in [-0.25, -0.2) is 0 Å². The van der Waals surface area contributed by atoms with Crippen LogP contribution in [-0.2, 0) is 9.59 Å². The minimum absolute atomic E-state index is 0. The van der Waals surface area contributed by atoms with Gasteiger partial charge in [-0.1, -0.05) is 15.9 Å². The van der Waals surface area contributed by atoms with Crippen LogP contribution in [0.3, 0.4) is 0 Å². The molecule has 24 heavy (non-hydrogen) atoms. The molecule has 0 saturated carbocycles. The van der Waals surface area contributed by atoms with Gasteiger partial charge in [0.2, 0.25) is 11.8 Å². The topological polar surface area (TPSA) is 87.5 Å². The first-order valence-electron chi connectivity index (χ1n) is 7.32. The number of amides is 2. The number of nitrogens with two attached hydrogens (primary N) is 1. The van der Waals surface area contributed by atoms with Crippen molar-refractivity contribution >= 4 is 58.2 Å². The number of nitrogens with zero attached hydrogens (tertiary/aromatic N) is 1. The van der Waals surface area contributed by atoms with Crippen LogP contribution in [0.1, 0.15) is 6.42 Å². The van der Waals surface area contributed by atoms with Crippen LogP contribution in [0.25, 0.3) is 0 Å². The van der Waals surface area contributed by atoms with Crippen LogP contribution in [0.15, 0.2) is 28.7 Å². The van der Waals surface area contributed by atoms with Gasteiger partial charge >= 0.3 is 0 Å². The van der Waals surface area contributed by atoms with Gasteiger partial charge in [-0.05, 0) is 36.6 Å². The molecule has 1 heterocycles. The molecular formula is C15H23BrCl2N4O2. The van der Waals surface area contributed by atoms with E-state index in [1.807, 2.05) is 12.1 Å². The highest BCUT2D eigenvalue weighted by Crippen LogP contribution is 2.24. The van der Waals surface area contributed by atoms with E-state index in [-0.39, 0.29) is 49.7 Å². The smallest absolute Gasteiger partial charge is 0.239 e. The monoisotopic (exact) mass is 440 g/mol. The number of carbonyl (C=O) groups is 2. The Morgan fingerprint density at radius 1 is 1.17 bits per heavy atom.